The van der Waals surface area contributed by atoms with Gasteiger partial charge in [-0.3, -0.25) is 14.6 Å². The Labute approximate surface area is 199 Å². The number of hydrogen-bond donors (Lipinski definition) is 1. The predicted molar refractivity (Wildman–Crippen MR) is 117 cm³/mol. The number of nitrogens with one attached hydrogen (secondary N) is 1. The molecule has 2 aliphatic rings. The van der Waals surface area contributed by atoms with Gasteiger partial charge in [0.05, 0.1) is 22.5 Å². The molecule has 3 atom stereocenters. The SMILES string of the molecule is CS(=O)(=O)c1ccnc(C(=O)N2C[C@@H](F)C[C@@H]2C(=O)NC(c2cc(F)c(Cl)cc2F)C2CC2)c1. The first kappa shape index (κ1) is 24.5. The third kappa shape index (κ3) is 5.05. The fourth-order valence-electron chi connectivity index (χ4n) is 4.07. The summed E-state index contributed by atoms with van der Waals surface area (Å²) >= 11 is 5.63. The summed E-state index contributed by atoms with van der Waals surface area (Å²) in [5.41, 5.74) is -0.327. The fraction of sp³-hybridized carbons (Fsp3) is 0.409. The largest absolute Gasteiger partial charge is 0.347 e. The van der Waals surface area contributed by atoms with Crippen molar-refractivity contribution in [2.24, 2.45) is 5.92 Å². The van der Waals surface area contributed by atoms with Crippen LogP contribution in [0.1, 0.15) is 41.4 Å². The molecule has 2 heterocycles. The van der Waals surface area contributed by atoms with E-state index < -0.39 is 56.6 Å². The molecular weight excluding hydrogens is 495 g/mol. The molecule has 1 saturated carbocycles. The van der Waals surface area contributed by atoms with Crippen molar-refractivity contribution in [3.63, 3.8) is 0 Å². The number of rotatable bonds is 6. The van der Waals surface area contributed by atoms with Gasteiger partial charge in [0.25, 0.3) is 5.91 Å². The van der Waals surface area contributed by atoms with Crippen molar-refractivity contribution in [3.05, 3.63) is 58.4 Å². The highest BCUT2D eigenvalue weighted by molar-refractivity contribution is 7.90. The maximum atomic E-state index is 14.5. The number of alkyl halides is 1. The number of halogens is 4. The van der Waals surface area contributed by atoms with E-state index in [4.69, 9.17) is 11.6 Å². The molecule has 34 heavy (non-hydrogen) atoms. The number of pyridine rings is 1. The van der Waals surface area contributed by atoms with E-state index in [1.807, 2.05) is 0 Å². The van der Waals surface area contributed by atoms with Crippen molar-refractivity contribution < 1.29 is 31.2 Å². The third-order valence-electron chi connectivity index (χ3n) is 5.96. The van der Waals surface area contributed by atoms with Gasteiger partial charge >= 0.3 is 0 Å². The highest BCUT2D eigenvalue weighted by Gasteiger charge is 2.43. The van der Waals surface area contributed by atoms with Gasteiger partial charge in [-0.2, -0.15) is 0 Å². The van der Waals surface area contributed by atoms with Crippen molar-refractivity contribution in [2.45, 2.75) is 42.4 Å². The molecule has 7 nitrogen and oxygen atoms in total. The molecule has 4 rings (SSSR count). The van der Waals surface area contributed by atoms with Crippen LogP contribution in [0.4, 0.5) is 13.2 Å². The van der Waals surface area contributed by atoms with E-state index in [0.717, 1.165) is 35.6 Å². The number of benzene rings is 1. The number of carbonyl (C=O) groups excluding carboxylic acids is 2. The summed E-state index contributed by atoms with van der Waals surface area (Å²) in [6, 6.07) is 1.94. The topological polar surface area (TPSA) is 96.4 Å². The van der Waals surface area contributed by atoms with Gasteiger partial charge < -0.3 is 10.2 Å². The Hall–Kier alpha value is -2.66. The molecule has 2 aromatic rings. The van der Waals surface area contributed by atoms with Crippen molar-refractivity contribution in [3.8, 4) is 0 Å². The Bertz CT molecular complexity index is 1260. The van der Waals surface area contributed by atoms with Crippen LogP contribution in [0.3, 0.4) is 0 Å². The summed E-state index contributed by atoms with van der Waals surface area (Å²) in [5, 5.41) is 2.26. The molecule has 1 aromatic carbocycles. The number of hydrogen-bond acceptors (Lipinski definition) is 5. The molecule has 182 valence electrons. The number of nitrogens with zero attached hydrogens (tertiary/aromatic N) is 2. The molecule has 1 aliphatic heterocycles. The Morgan fingerprint density at radius 2 is 1.91 bits per heavy atom. The van der Waals surface area contributed by atoms with Gasteiger partial charge in [0.15, 0.2) is 9.84 Å². The van der Waals surface area contributed by atoms with Crippen molar-refractivity contribution in [1.29, 1.82) is 0 Å². The second kappa shape index (κ2) is 9.18. The molecule has 1 aromatic heterocycles. The smallest absolute Gasteiger partial charge is 0.273 e. The molecule has 0 radical (unpaired) electrons. The van der Waals surface area contributed by atoms with Gasteiger partial charge in [-0.05, 0) is 43.0 Å². The average molecular weight is 516 g/mol. The number of carbonyl (C=O) groups is 2. The van der Waals surface area contributed by atoms with Gasteiger partial charge in [-0.25, -0.2) is 21.6 Å². The molecule has 12 heteroatoms. The highest BCUT2D eigenvalue weighted by atomic mass is 35.5. The van der Waals surface area contributed by atoms with E-state index in [2.05, 4.69) is 10.3 Å². The van der Waals surface area contributed by atoms with Gasteiger partial charge in [0.2, 0.25) is 5.91 Å². The number of aromatic nitrogens is 1. The second-order valence-corrected chi connectivity index (χ2v) is 11.0. The summed E-state index contributed by atoms with van der Waals surface area (Å²) in [4.78, 5) is 30.9. The summed E-state index contributed by atoms with van der Waals surface area (Å²) in [6.07, 6.45) is 1.67. The van der Waals surface area contributed by atoms with Crippen molar-refractivity contribution >= 4 is 33.3 Å². The van der Waals surface area contributed by atoms with Crippen LogP contribution >= 0.6 is 11.6 Å². The van der Waals surface area contributed by atoms with Crippen molar-refractivity contribution in [2.75, 3.05) is 12.8 Å². The molecule has 1 unspecified atom stereocenters. The molecule has 0 bridgehead atoms. The van der Waals surface area contributed by atoms with Crippen LogP contribution in [0.15, 0.2) is 35.4 Å². The minimum absolute atomic E-state index is 0.0760. The lowest BCUT2D eigenvalue weighted by Gasteiger charge is -2.27. The van der Waals surface area contributed by atoms with Crippen LogP contribution in [0.2, 0.25) is 5.02 Å². The van der Waals surface area contributed by atoms with E-state index in [9.17, 15) is 31.2 Å². The molecule has 2 fully saturated rings. The van der Waals surface area contributed by atoms with E-state index in [-0.39, 0.29) is 35.0 Å². The van der Waals surface area contributed by atoms with Crippen molar-refractivity contribution in [1.82, 2.24) is 15.2 Å². The Balaban J connectivity index is 1.58. The first-order valence-corrected chi connectivity index (χ1v) is 12.8. The highest BCUT2D eigenvalue weighted by Crippen LogP contribution is 2.42. The van der Waals surface area contributed by atoms with Gasteiger partial charge in [0.1, 0.15) is 29.5 Å². The zero-order chi connectivity index (χ0) is 24.8. The fourth-order valence-corrected chi connectivity index (χ4v) is 4.85. The second-order valence-electron chi connectivity index (χ2n) is 8.57. The normalized spacial score (nSPS) is 21.4. The summed E-state index contributed by atoms with van der Waals surface area (Å²) in [7, 11) is -3.62. The Kier molecular flexibility index (Phi) is 6.61. The van der Waals surface area contributed by atoms with Gasteiger partial charge in [-0.15, -0.1) is 0 Å². The minimum atomic E-state index is -3.62. The molecule has 1 N–H and O–H groups in total. The molecule has 1 saturated heterocycles. The summed E-state index contributed by atoms with van der Waals surface area (Å²) in [6.45, 7) is -0.389. The monoisotopic (exact) mass is 515 g/mol. The van der Waals surface area contributed by atoms with Crippen LogP contribution < -0.4 is 5.32 Å². The quantitative estimate of drug-likeness (QED) is 0.596. The molecule has 0 spiro atoms. The average Bonchev–Trinajstić information content (AvgIpc) is 3.54. The van der Waals surface area contributed by atoms with Crippen LogP contribution in [0, 0.1) is 17.6 Å². The lowest BCUT2D eigenvalue weighted by molar-refractivity contribution is -0.125. The van der Waals surface area contributed by atoms with Crippen LogP contribution in [-0.2, 0) is 14.6 Å². The number of amides is 2. The number of likely N-dealkylation sites (tertiary alicyclic amines) is 1. The zero-order valence-electron chi connectivity index (χ0n) is 18.0. The standard InChI is InChI=1S/C22H21ClF3N3O4S/c1-34(32,33)13-4-5-27-18(7-13)22(31)29-10-12(24)6-19(29)21(30)28-20(11-2-3-11)14-8-17(26)15(23)9-16(14)25/h4-5,7-9,11-12,19-20H,2-3,6,10H2,1H3,(H,28,30)/t12-,19+,20?/m0/s1. The van der Waals surface area contributed by atoms with Crippen LogP contribution in [0.25, 0.3) is 0 Å². The third-order valence-corrected chi connectivity index (χ3v) is 7.36. The van der Waals surface area contributed by atoms with Crippen LogP contribution in [-0.4, -0.2) is 55.1 Å². The Morgan fingerprint density at radius 1 is 1.21 bits per heavy atom. The first-order valence-electron chi connectivity index (χ1n) is 10.5. The molecule has 2 amide bonds. The predicted octanol–water partition coefficient (Wildman–Crippen LogP) is 3.24. The first-order chi connectivity index (χ1) is 16.0. The van der Waals surface area contributed by atoms with E-state index in [0.29, 0.717) is 12.8 Å². The summed E-state index contributed by atoms with van der Waals surface area (Å²) < 4.78 is 66.5. The van der Waals surface area contributed by atoms with Gasteiger partial charge in [0, 0.05) is 24.4 Å². The maximum Gasteiger partial charge on any atom is 0.273 e. The van der Waals surface area contributed by atoms with Crippen LogP contribution in [0.5, 0.6) is 0 Å². The lowest BCUT2D eigenvalue weighted by atomic mass is 10.0. The zero-order valence-corrected chi connectivity index (χ0v) is 19.5. The Morgan fingerprint density at radius 3 is 2.56 bits per heavy atom. The lowest BCUT2D eigenvalue weighted by Crippen LogP contribution is -2.47. The van der Waals surface area contributed by atoms with E-state index >= 15 is 0 Å². The summed E-state index contributed by atoms with van der Waals surface area (Å²) in [5.74, 6) is -3.29. The molecule has 1 aliphatic carbocycles. The van der Waals surface area contributed by atoms with E-state index in [1.165, 1.54) is 6.07 Å². The maximum absolute atomic E-state index is 14.5. The number of sulfone groups is 1. The van der Waals surface area contributed by atoms with Gasteiger partial charge in [-0.1, -0.05) is 11.6 Å². The van der Waals surface area contributed by atoms with E-state index in [1.54, 1.807) is 0 Å². The minimum Gasteiger partial charge on any atom is -0.347 e. The molecular formula is C22H21ClF3N3O4S.